The van der Waals surface area contributed by atoms with Crippen LogP contribution < -0.4 is 10.9 Å². The standard InChI is InChI=1S/C23H24ClN3O4S/c1-3-31-21(29)8-5-11-25-20(28)14-32-23-26-19-13-16(24)9-10-18(19)22(30)27(23)17-7-4-6-15(2)12-17/h4,6-7,9-10,12-13H,3,5,8,11,14H2,1-2H3,(H,25,28). The maximum Gasteiger partial charge on any atom is 0.305 e. The summed E-state index contributed by atoms with van der Waals surface area (Å²) in [5.41, 5.74) is 1.93. The Kier molecular flexibility index (Phi) is 8.30. The first-order chi connectivity index (χ1) is 15.4. The van der Waals surface area contributed by atoms with Crippen LogP contribution in [0, 0.1) is 6.92 Å². The third-order valence-corrected chi connectivity index (χ3v) is 5.75. The van der Waals surface area contributed by atoms with Gasteiger partial charge in [0.2, 0.25) is 5.91 Å². The van der Waals surface area contributed by atoms with Gasteiger partial charge in [0.1, 0.15) is 0 Å². The first kappa shape index (κ1) is 23.8. The minimum atomic E-state index is -0.280. The van der Waals surface area contributed by atoms with E-state index in [1.807, 2.05) is 31.2 Å². The summed E-state index contributed by atoms with van der Waals surface area (Å²) in [5.74, 6) is -0.420. The number of aryl methyl sites for hydroxylation is 1. The Hall–Kier alpha value is -2.84. The molecule has 0 spiro atoms. The van der Waals surface area contributed by atoms with Crippen LogP contribution in [0.2, 0.25) is 5.02 Å². The van der Waals surface area contributed by atoms with Gasteiger partial charge in [0.05, 0.1) is 29.0 Å². The highest BCUT2D eigenvalue weighted by Gasteiger charge is 2.15. The van der Waals surface area contributed by atoms with Crippen LogP contribution in [0.25, 0.3) is 16.6 Å². The number of aromatic nitrogens is 2. The molecular weight excluding hydrogens is 450 g/mol. The van der Waals surface area contributed by atoms with Crippen molar-refractivity contribution in [3.8, 4) is 5.69 Å². The predicted octanol–water partition coefficient (Wildman–Crippen LogP) is 3.90. The van der Waals surface area contributed by atoms with Crippen molar-refractivity contribution >= 4 is 46.1 Å². The number of amides is 1. The number of fused-ring (bicyclic) bond motifs is 1. The number of thioether (sulfide) groups is 1. The second-order valence-corrected chi connectivity index (χ2v) is 8.46. The van der Waals surface area contributed by atoms with E-state index >= 15 is 0 Å². The molecule has 0 aliphatic carbocycles. The van der Waals surface area contributed by atoms with Gasteiger partial charge in [0.25, 0.3) is 5.56 Å². The molecule has 1 aromatic heterocycles. The lowest BCUT2D eigenvalue weighted by Gasteiger charge is -2.14. The van der Waals surface area contributed by atoms with Gasteiger partial charge in [-0.1, -0.05) is 35.5 Å². The fraction of sp³-hybridized carbons (Fsp3) is 0.304. The summed E-state index contributed by atoms with van der Waals surface area (Å²) in [6.07, 6.45) is 0.747. The summed E-state index contributed by atoms with van der Waals surface area (Å²) in [6, 6.07) is 12.5. The Bertz CT molecular complexity index is 1200. The van der Waals surface area contributed by atoms with Gasteiger partial charge in [-0.15, -0.1) is 0 Å². The van der Waals surface area contributed by atoms with E-state index in [4.69, 9.17) is 16.3 Å². The van der Waals surface area contributed by atoms with E-state index in [0.29, 0.717) is 46.3 Å². The monoisotopic (exact) mass is 473 g/mol. The summed E-state index contributed by atoms with van der Waals surface area (Å²) < 4.78 is 6.38. The van der Waals surface area contributed by atoms with Crippen molar-refractivity contribution in [2.45, 2.75) is 31.8 Å². The Morgan fingerprint density at radius 2 is 2.03 bits per heavy atom. The van der Waals surface area contributed by atoms with Gasteiger partial charge in [-0.05, 0) is 56.2 Å². The van der Waals surface area contributed by atoms with Crippen LogP contribution in [-0.2, 0) is 14.3 Å². The normalized spacial score (nSPS) is 10.8. The van der Waals surface area contributed by atoms with E-state index in [9.17, 15) is 14.4 Å². The summed E-state index contributed by atoms with van der Waals surface area (Å²) in [4.78, 5) is 41.6. The molecule has 0 saturated heterocycles. The van der Waals surface area contributed by atoms with E-state index in [2.05, 4.69) is 10.3 Å². The van der Waals surface area contributed by atoms with E-state index in [0.717, 1.165) is 5.56 Å². The van der Waals surface area contributed by atoms with E-state index in [1.54, 1.807) is 25.1 Å². The maximum absolute atomic E-state index is 13.3. The fourth-order valence-corrected chi connectivity index (χ4v) is 4.11. The van der Waals surface area contributed by atoms with Gasteiger partial charge >= 0.3 is 5.97 Å². The van der Waals surface area contributed by atoms with Crippen LogP contribution in [-0.4, -0.2) is 40.3 Å². The zero-order chi connectivity index (χ0) is 23.1. The zero-order valence-corrected chi connectivity index (χ0v) is 19.5. The molecule has 0 aliphatic heterocycles. The lowest BCUT2D eigenvalue weighted by Crippen LogP contribution is -2.27. The molecule has 9 heteroatoms. The Labute approximate surface area is 195 Å². The van der Waals surface area contributed by atoms with E-state index in [-0.39, 0.29) is 29.6 Å². The SMILES string of the molecule is CCOC(=O)CCCNC(=O)CSc1nc2cc(Cl)ccc2c(=O)n1-c1cccc(C)c1. The van der Waals surface area contributed by atoms with Crippen molar-refractivity contribution < 1.29 is 14.3 Å². The summed E-state index contributed by atoms with van der Waals surface area (Å²) in [6.45, 7) is 4.40. The van der Waals surface area contributed by atoms with E-state index < -0.39 is 0 Å². The van der Waals surface area contributed by atoms with Gasteiger partial charge in [-0.3, -0.25) is 19.0 Å². The number of nitrogens with one attached hydrogen (secondary N) is 1. The smallest absolute Gasteiger partial charge is 0.305 e. The molecule has 7 nitrogen and oxygen atoms in total. The highest BCUT2D eigenvalue weighted by molar-refractivity contribution is 7.99. The number of nitrogens with zero attached hydrogens (tertiary/aromatic N) is 2. The molecular formula is C23H24ClN3O4S. The van der Waals surface area contributed by atoms with Crippen LogP contribution in [0.5, 0.6) is 0 Å². The average Bonchev–Trinajstić information content (AvgIpc) is 2.75. The Balaban J connectivity index is 1.79. The number of rotatable bonds is 9. The lowest BCUT2D eigenvalue weighted by atomic mass is 10.2. The molecule has 1 heterocycles. The minimum absolute atomic E-state index is 0.0731. The summed E-state index contributed by atoms with van der Waals surface area (Å²) in [5, 5.41) is 4.10. The molecule has 1 amide bonds. The average molecular weight is 474 g/mol. The number of ether oxygens (including phenoxy) is 1. The van der Waals surface area contributed by atoms with Crippen molar-refractivity contribution in [1.82, 2.24) is 14.9 Å². The largest absolute Gasteiger partial charge is 0.466 e. The minimum Gasteiger partial charge on any atom is -0.466 e. The fourth-order valence-electron chi connectivity index (χ4n) is 3.10. The molecule has 2 aromatic carbocycles. The van der Waals surface area contributed by atoms with Gasteiger partial charge in [0, 0.05) is 18.0 Å². The maximum atomic E-state index is 13.3. The van der Waals surface area contributed by atoms with Gasteiger partial charge < -0.3 is 10.1 Å². The van der Waals surface area contributed by atoms with Crippen molar-refractivity contribution in [2.75, 3.05) is 18.9 Å². The third kappa shape index (κ3) is 6.11. The first-order valence-corrected chi connectivity index (χ1v) is 11.6. The molecule has 0 unspecified atom stereocenters. The van der Waals surface area contributed by atoms with Gasteiger partial charge in [0.15, 0.2) is 5.16 Å². The van der Waals surface area contributed by atoms with Gasteiger partial charge in [-0.2, -0.15) is 0 Å². The quantitative estimate of drug-likeness (QED) is 0.219. The molecule has 0 aliphatic rings. The van der Waals surface area contributed by atoms with Crippen LogP contribution in [0.1, 0.15) is 25.3 Å². The topological polar surface area (TPSA) is 90.3 Å². The number of hydrogen-bond acceptors (Lipinski definition) is 6. The van der Waals surface area contributed by atoms with Crippen molar-refractivity contribution in [1.29, 1.82) is 0 Å². The molecule has 0 bridgehead atoms. The van der Waals surface area contributed by atoms with Crippen LogP contribution in [0.3, 0.4) is 0 Å². The van der Waals surface area contributed by atoms with Crippen LogP contribution in [0.4, 0.5) is 0 Å². The number of benzene rings is 2. The van der Waals surface area contributed by atoms with Crippen molar-refractivity contribution in [3.05, 3.63) is 63.4 Å². The lowest BCUT2D eigenvalue weighted by molar-refractivity contribution is -0.143. The van der Waals surface area contributed by atoms with Crippen LogP contribution in [0.15, 0.2) is 52.4 Å². The molecule has 0 radical (unpaired) electrons. The summed E-state index contributed by atoms with van der Waals surface area (Å²) >= 11 is 7.26. The number of carbonyl (C=O) groups is 2. The summed E-state index contributed by atoms with van der Waals surface area (Å²) in [7, 11) is 0. The number of carbonyl (C=O) groups excluding carboxylic acids is 2. The highest BCUT2D eigenvalue weighted by Crippen LogP contribution is 2.23. The second-order valence-electron chi connectivity index (χ2n) is 7.08. The van der Waals surface area contributed by atoms with Crippen molar-refractivity contribution in [2.24, 2.45) is 0 Å². The highest BCUT2D eigenvalue weighted by atomic mass is 35.5. The molecule has 3 rings (SSSR count). The Morgan fingerprint density at radius 3 is 2.78 bits per heavy atom. The zero-order valence-electron chi connectivity index (χ0n) is 17.9. The molecule has 0 saturated carbocycles. The molecule has 0 atom stereocenters. The molecule has 32 heavy (non-hydrogen) atoms. The molecule has 0 fully saturated rings. The van der Waals surface area contributed by atoms with Crippen LogP contribution >= 0.6 is 23.4 Å². The second kappa shape index (κ2) is 11.2. The number of esters is 1. The molecule has 3 aromatic rings. The van der Waals surface area contributed by atoms with Gasteiger partial charge in [-0.25, -0.2) is 4.98 Å². The van der Waals surface area contributed by atoms with Crippen molar-refractivity contribution in [3.63, 3.8) is 0 Å². The van der Waals surface area contributed by atoms with E-state index in [1.165, 1.54) is 16.3 Å². The third-order valence-electron chi connectivity index (χ3n) is 4.58. The Morgan fingerprint density at radius 1 is 1.22 bits per heavy atom. The first-order valence-electron chi connectivity index (χ1n) is 10.2. The predicted molar refractivity (Wildman–Crippen MR) is 127 cm³/mol. The molecule has 1 N–H and O–H groups in total. The molecule has 168 valence electrons. The number of halogens is 1. The number of hydrogen-bond donors (Lipinski definition) is 1.